The molecule has 4 heterocycles. The molecule has 3 aromatic carbocycles. The lowest BCUT2D eigenvalue weighted by Gasteiger charge is -2.23. The first-order valence-electron chi connectivity index (χ1n) is 15.8. The second-order valence-electron chi connectivity index (χ2n) is 15.9. The number of rotatable bonds is 1. The molecule has 0 bridgehead atoms. The van der Waals surface area contributed by atoms with Crippen molar-refractivity contribution >= 4 is 49.0 Å². The summed E-state index contributed by atoms with van der Waals surface area (Å²) in [5, 5.41) is 6.39. The number of benzene rings is 3. The van der Waals surface area contributed by atoms with Gasteiger partial charge in [0.15, 0.2) is 12.0 Å². The minimum absolute atomic E-state index is 0.0577. The fourth-order valence-corrected chi connectivity index (χ4v) is 6.68. The van der Waals surface area contributed by atoms with Gasteiger partial charge in [-0.05, 0) is 71.7 Å². The second kappa shape index (κ2) is 8.97. The second-order valence-corrected chi connectivity index (χ2v) is 15.9. The van der Waals surface area contributed by atoms with Crippen LogP contribution in [-0.4, -0.2) is 19.4 Å². The third kappa shape index (κ3) is 4.12. The van der Waals surface area contributed by atoms with Gasteiger partial charge in [0.25, 0.3) is 0 Å². The molecule has 0 spiro atoms. The molecule has 7 aromatic rings. The van der Waals surface area contributed by atoms with Gasteiger partial charge in [0.05, 0.1) is 27.3 Å². The number of hydrogen-bond donors (Lipinski definition) is 0. The minimum Gasteiger partial charge on any atom is -0.307 e. The van der Waals surface area contributed by atoms with Gasteiger partial charge >= 0.3 is 0 Å². The Labute approximate surface area is 260 Å². The average Bonchev–Trinajstić information content (AvgIpc) is 3.26. The lowest BCUT2D eigenvalue weighted by molar-refractivity contribution is -0.643. The van der Waals surface area contributed by atoms with E-state index >= 15 is 0 Å². The highest BCUT2D eigenvalue weighted by molar-refractivity contribution is 6.26. The summed E-state index contributed by atoms with van der Waals surface area (Å²) in [4.78, 5) is 15.2. The Kier molecular flexibility index (Phi) is 5.84. The molecule has 0 N–H and O–H groups in total. The van der Waals surface area contributed by atoms with Crippen LogP contribution in [-0.2, 0) is 23.3 Å². The maximum atomic E-state index is 5.10. The van der Waals surface area contributed by atoms with E-state index in [9.17, 15) is 0 Å². The van der Waals surface area contributed by atoms with Crippen LogP contribution in [0.2, 0.25) is 0 Å². The van der Waals surface area contributed by atoms with Crippen molar-refractivity contribution in [3.63, 3.8) is 0 Å². The summed E-state index contributed by atoms with van der Waals surface area (Å²) in [5.74, 6) is 2.37. The smallest absolute Gasteiger partial charge is 0.224 e. The van der Waals surface area contributed by atoms with Crippen LogP contribution < -0.4 is 4.57 Å². The van der Waals surface area contributed by atoms with Crippen LogP contribution in [0.4, 0.5) is 0 Å². The van der Waals surface area contributed by atoms with Gasteiger partial charge in [-0.25, -0.2) is 19.5 Å². The van der Waals surface area contributed by atoms with Crippen molar-refractivity contribution in [2.75, 3.05) is 0 Å². The minimum atomic E-state index is -0.203. The van der Waals surface area contributed by atoms with Gasteiger partial charge in [-0.3, -0.25) is 0 Å². The van der Waals surface area contributed by atoms with Crippen molar-refractivity contribution in [1.82, 2.24) is 19.4 Å². The first-order chi connectivity index (χ1) is 20.4. The van der Waals surface area contributed by atoms with E-state index in [1.54, 1.807) is 0 Å². The summed E-state index contributed by atoms with van der Waals surface area (Å²) in [6.45, 7) is 24.4. The van der Waals surface area contributed by atoms with Crippen LogP contribution in [0.25, 0.3) is 60.4 Å². The topological polar surface area (TPSA) is 47.0 Å². The zero-order valence-corrected chi connectivity index (χ0v) is 28.4. The Morgan fingerprint density at radius 1 is 0.659 bits per heavy atom. The molecule has 5 heteroatoms. The predicted molar refractivity (Wildman–Crippen MR) is 184 cm³/mol. The number of aryl methyl sites for hydroxylation is 3. The highest BCUT2D eigenvalue weighted by Gasteiger charge is 2.28. The molecule has 7 rings (SSSR count). The van der Waals surface area contributed by atoms with E-state index in [4.69, 9.17) is 15.0 Å². The van der Waals surface area contributed by atoms with Crippen LogP contribution in [0.15, 0.2) is 48.7 Å². The largest absolute Gasteiger partial charge is 0.307 e. The molecule has 0 aliphatic heterocycles. The molecular formula is C39H44N5+. The molecule has 0 saturated carbocycles. The first-order valence-corrected chi connectivity index (χ1v) is 15.8. The maximum absolute atomic E-state index is 5.10. The molecule has 0 fully saturated rings. The predicted octanol–water partition coefficient (Wildman–Crippen LogP) is 9.18. The summed E-state index contributed by atoms with van der Waals surface area (Å²) in [6, 6.07) is 16.3. The fourth-order valence-electron chi connectivity index (χ4n) is 6.68. The van der Waals surface area contributed by atoms with Crippen LogP contribution >= 0.6 is 0 Å². The van der Waals surface area contributed by atoms with E-state index in [2.05, 4.69) is 141 Å². The van der Waals surface area contributed by atoms with E-state index in [0.29, 0.717) is 0 Å². The van der Waals surface area contributed by atoms with E-state index < -0.39 is 0 Å². The van der Waals surface area contributed by atoms with E-state index in [1.807, 2.05) is 0 Å². The number of fused-ring (bicyclic) bond motifs is 5. The van der Waals surface area contributed by atoms with Gasteiger partial charge in [-0.1, -0.05) is 68.4 Å². The standard InChI is InChI=1S/C39H44N5/c1-21-17-27-26-20-25(37(3,4)5)13-14-28(26)44-29-19-24(34-40-35(38(6,7)8)42-36(41-34)39(9,10)11)18-23-15-16-43(12)33(31(23)29)30(22(21)2)32(27)44/h13-20H,1-12H3/q+1. The van der Waals surface area contributed by atoms with Gasteiger partial charge in [-0.2, -0.15) is 0 Å². The van der Waals surface area contributed by atoms with Crippen LogP contribution in [0, 0.1) is 13.8 Å². The number of nitrogens with zero attached hydrogens (tertiary/aromatic N) is 5. The summed E-state index contributed by atoms with van der Waals surface area (Å²) in [7, 11) is 2.17. The summed E-state index contributed by atoms with van der Waals surface area (Å²) < 4.78 is 4.81. The molecule has 5 nitrogen and oxygen atoms in total. The van der Waals surface area contributed by atoms with Gasteiger partial charge in [0.1, 0.15) is 18.7 Å². The maximum Gasteiger partial charge on any atom is 0.224 e. The van der Waals surface area contributed by atoms with Crippen LogP contribution in [0.5, 0.6) is 0 Å². The summed E-state index contributed by atoms with van der Waals surface area (Å²) >= 11 is 0. The van der Waals surface area contributed by atoms with Gasteiger partial charge < -0.3 is 4.40 Å². The first kappa shape index (κ1) is 28.6. The van der Waals surface area contributed by atoms with Crippen molar-refractivity contribution in [1.29, 1.82) is 0 Å². The lowest BCUT2D eigenvalue weighted by Crippen LogP contribution is -2.29. The van der Waals surface area contributed by atoms with Crippen molar-refractivity contribution < 1.29 is 4.57 Å². The third-order valence-corrected chi connectivity index (χ3v) is 9.36. The number of aromatic nitrogens is 5. The zero-order valence-electron chi connectivity index (χ0n) is 28.4. The van der Waals surface area contributed by atoms with Crippen molar-refractivity contribution in [3.8, 4) is 11.4 Å². The fraction of sp³-hybridized carbons (Fsp3) is 0.385. The van der Waals surface area contributed by atoms with Crippen LogP contribution in [0.1, 0.15) is 90.7 Å². The average molecular weight is 583 g/mol. The Balaban J connectivity index is 1.71. The highest BCUT2D eigenvalue weighted by atomic mass is 15.1. The third-order valence-electron chi connectivity index (χ3n) is 9.36. The van der Waals surface area contributed by atoms with E-state index in [0.717, 1.165) is 23.0 Å². The van der Waals surface area contributed by atoms with Crippen molar-refractivity contribution in [2.45, 2.75) is 92.4 Å². The molecular weight excluding hydrogens is 538 g/mol. The highest BCUT2D eigenvalue weighted by Crippen LogP contribution is 2.43. The van der Waals surface area contributed by atoms with Crippen molar-refractivity contribution in [3.05, 3.63) is 77.0 Å². The normalized spacial score (nSPS) is 13.5. The lowest BCUT2D eigenvalue weighted by atomic mass is 9.86. The monoisotopic (exact) mass is 582 g/mol. The summed E-state index contributed by atoms with van der Waals surface area (Å²) in [6.07, 6.45) is 2.20. The Morgan fingerprint density at radius 2 is 1.32 bits per heavy atom. The Bertz CT molecular complexity index is 2270. The molecule has 0 atom stereocenters. The zero-order chi connectivity index (χ0) is 31.7. The molecule has 0 radical (unpaired) electrons. The molecule has 0 aliphatic carbocycles. The quantitative estimate of drug-likeness (QED) is 0.110. The molecule has 224 valence electrons. The Morgan fingerprint density at radius 3 is 1.93 bits per heavy atom. The van der Waals surface area contributed by atoms with Gasteiger partial charge in [0.2, 0.25) is 5.52 Å². The SMILES string of the molecule is Cc1cc2c3cc(C(C)(C)C)ccc3n3c4cc(-c5nc(C(C)(C)C)nc(C(C)(C)C)n5)cc5cc[n+](C)c(c(c1C)c23)c54. The number of pyridine rings is 2. The van der Waals surface area contributed by atoms with E-state index in [-0.39, 0.29) is 16.2 Å². The Hall–Kier alpha value is -4.12. The van der Waals surface area contributed by atoms with Gasteiger partial charge in [0, 0.05) is 33.2 Å². The molecule has 0 aliphatic rings. The van der Waals surface area contributed by atoms with Crippen LogP contribution in [0.3, 0.4) is 0 Å². The number of hydrogen-bond acceptors (Lipinski definition) is 3. The molecule has 4 aromatic heterocycles. The van der Waals surface area contributed by atoms with Crippen molar-refractivity contribution in [2.24, 2.45) is 7.05 Å². The van der Waals surface area contributed by atoms with E-state index in [1.165, 1.54) is 65.7 Å². The summed E-state index contributed by atoms with van der Waals surface area (Å²) in [5.41, 5.74) is 9.62. The molecule has 44 heavy (non-hydrogen) atoms. The molecule has 0 saturated heterocycles. The molecule has 0 amide bonds. The molecule has 0 unspecified atom stereocenters. The van der Waals surface area contributed by atoms with Gasteiger partial charge in [-0.15, -0.1) is 0 Å².